The number of hydrogen-bond donors (Lipinski definition) is 2. The lowest BCUT2D eigenvalue weighted by Crippen LogP contribution is -2.45. The summed E-state index contributed by atoms with van der Waals surface area (Å²) in [5.41, 5.74) is 2.58. The molecule has 2 heterocycles. The first-order chi connectivity index (χ1) is 13.1. The summed E-state index contributed by atoms with van der Waals surface area (Å²) in [7, 11) is 1.70. The highest BCUT2D eigenvalue weighted by Gasteiger charge is 2.25. The topological polar surface area (TPSA) is 68.4 Å². The zero-order chi connectivity index (χ0) is 19.2. The van der Waals surface area contributed by atoms with Gasteiger partial charge in [-0.05, 0) is 49.9 Å². The Labute approximate surface area is 160 Å². The molecule has 1 aliphatic rings. The second-order valence-corrected chi connectivity index (χ2v) is 7.44. The summed E-state index contributed by atoms with van der Waals surface area (Å²) in [6.45, 7) is 5.00. The maximum absolute atomic E-state index is 12.4. The van der Waals surface area contributed by atoms with Crippen LogP contribution in [0.3, 0.4) is 0 Å². The van der Waals surface area contributed by atoms with Gasteiger partial charge in [-0.15, -0.1) is 0 Å². The molecule has 2 amide bonds. The molecule has 0 saturated carbocycles. The first-order valence-corrected chi connectivity index (χ1v) is 9.87. The van der Waals surface area contributed by atoms with Crippen LogP contribution in [0.1, 0.15) is 37.7 Å². The molecule has 27 heavy (non-hydrogen) atoms. The zero-order valence-electron chi connectivity index (χ0n) is 16.3. The van der Waals surface area contributed by atoms with E-state index in [4.69, 9.17) is 0 Å². The fraction of sp³-hybridized carbons (Fsp3) is 0.524. The van der Waals surface area contributed by atoms with Crippen molar-refractivity contribution in [2.24, 2.45) is 0 Å². The number of rotatable bonds is 7. The monoisotopic (exact) mass is 370 g/mol. The average Bonchev–Trinajstić information content (AvgIpc) is 3.11. The minimum absolute atomic E-state index is 0.00666. The van der Waals surface area contributed by atoms with Crippen molar-refractivity contribution in [2.75, 3.05) is 39.8 Å². The number of carbonyl (C=O) groups excluding carboxylic acids is 2. The number of para-hydroxylation sites is 1. The van der Waals surface area contributed by atoms with Gasteiger partial charge in [-0.25, -0.2) is 0 Å². The van der Waals surface area contributed by atoms with E-state index in [0.717, 1.165) is 32.4 Å². The third-order valence-corrected chi connectivity index (χ3v) is 5.39. The van der Waals surface area contributed by atoms with Crippen molar-refractivity contribution in [2.45, 2.75) is 32.1 Å². The SMILES string of the molecule is CCCNC(=O)CN(C)C(=O)CN1CCC(c2c[nH]c3ccccc23)CC1. The van der Waals surface area contributed by atoms with E-state index in [0.29, 0.717) is 19.0 Å². The number of fused-ring (bicyclic) bond motifs is 1. The van der Waals surface area contributed by atoms with Gasteiger partial charge in [-0.2, -0.15) is 0 Å². The summed E-state index contributed by atoms with van der Waals surface area (Å²) in [4.78, 5) is 31.3. The number of carbonyl (C=O) groups is 2. The third kappa shape index (κ3) is 4.89. The number of nitrogens with one attached hydrogen (secondary N) is 2. The normalized spacial score (nSPS) is 15.8. The Morgan fingerprint density at radius 3 is 2.74 bits per heavy atom. The second kappa shape index (κ2) is 9.04. The van der Waals surface area contributed by atoms with Crippen LogP contribution in [-0.2, 0) is 9.59 Å². The van der Waals surface area contributed by atoms with E-state index in [2.05, 4.69) is 45.7 Å². The van der Waals surface area contributed by atoms with Crippen molar-refractivity contribution in [3.63, 3.8) is 0 Å². The first kappa shape index (κ1) is 19.4. The number of aromatic amines is 1. The van der Waals surface area contributed by atoms with Crippen molar-refractivity contribution < 1.29 is 9.59 Å². The van der Waals surface area contributed by atoms with E-state index in [1.165, 1.54) is 21.4 Å². The van der Waals surface area contributed by atoms with Crippen LogP contribution >= 0.6 is 0 Å². The Balaban J connectivity index is 1.48. The predicted octanol–water partition coefficient (Wildman–Crippen LogP) is 2.33. The molecule has 3 rings (SSSR count). The molecule has 1 saturated heterocycles. The smallest absolute Gasteiger partial charge is 0.239 e. The van der Waals surface area contributed by atoms with Crippen LogP contribution in [-0.4, -0.2) is 66.4 Å². The van der Waals surface area contributed by atoms with Gasteiger partial charge in [0.2, 0.25) is 11.8 Å². The van der Waals surface area contributed by atoms with E-state index in [1.54, 1.807) is 7.05 Å². The summed E-state index contributed by atoms with van der Waals surface area (Å²) < 4.78 is 0. The van der Waals surface area contributed by atoms with E-state index >= 15 is 0 Å². The Morgan fingerprint density at radius 1 is 1.26 bits per heavy atom. The van der Waals surface area contributed by atoms with Gasteiger partial charge in [0, 0.05) is 30.7 Å². The Morgan fingerprint density at radius 2 is 2.00 bits per heavy atom. The van der Waals surface area contributed by atoms with Crippen LogP contribution in [0.25, 0.3) is 10.9 Å². The Bertz CT molecular complexity index is 777. The number of likely N-dealkylation sites (N-methyl/N-ethyl adjacent to an activating group) is 1. The molecule has 1 aliphatic heterocycles. The molecule has 0 atom stereocenters. The van der Waals surface area contributed by atoms with Gasteiger partial charge in [0.15, 0.2) is 0 Å². The van der Waals surface area contributed by atoms with E-state index in [9.17, 15) is 9.59 Å². The quantitative estimate of drug-likeness (QED) is 0.786. The summed E-state index contributed by atoms with van der Waals surface area (Å²) in [5, 5.41) is 4.12. The molecule has 0 radical (unpaired) electrons. The number of aromatic nitrogens is 1. The van der Waals surface area contributed by atoms with Crippen molar-refractivity contribution in [3.8, 4) is 0 Å². The summed E-state index contributed by atoms with van der Waals surface area (Å²) >= 11 is 0. The third-order valence-electron chi connectivity index (χ3n) is 5.39. The largest absolute Gasteiger partial charge is 0.361 e. The lowest BCUT2D eigenvalue weighted by Gasteiger charge is -2.32. The van der Waals surface area contributed by atoms with Gasteiger partial charge in [-0.1, -0.05) is 25.1 Å². The molecular weight excluding hydrogens is 340 g/mol. The summed E-state index contributed by atoms with van der Waals surface area (Å²) in [6.07, 6.45) is 5.14. The van der Waals surface area contributed by atoms with Crippen LogP contribution < -0.4 is 5.32 Å². The van der Waals surface area contributed by atoms with E-state index < -0.39 is 0 Å². The lowest BCUT2D eigenvalue weighted by molar-refractivity contribution is -0.135. The fourth-order valence-corrected chi connectivity index (χ4v) is 3.77. The predicted molar refractivity (Wildman–Crippen MR) is 108 cm³/mol. The van der Waals surface area contributed by atoms with Crippen molar-refractivity contribution in [3.05, 3.63) is 36.0 Å². The van der Waals surface area contributed by atoms with Gasteiger partial charge < -0.3 is 15.2 Å². The number of likely N-dealkylation sites (tertiary alicyclic amines) is 1. The molecule has 0 bridgehead atoms. The second-order valence-electron chi connectivity index (χ2n) is 7.44. The van der Waals surface area contributed by atoms with Crippen molar-refractivity contribution in [1.82, 2.24) is 20.1 Å². The van der Waals surface area contributed by atoms with Gasteiger partial charge >= 0.3 is 0 Å². The molecule has 0 unspecified atom stereocenters. The standard InChI is InChI=1S/C21H30N4O2/c1-3-10-22-20(26)14-24(2)21(27)15-25-11-8-16(9-12-25)18-13-23-19-7-5-4-6-17(18)19/h4-7,13,16,23H,3,8-12,14-15H2,1-2H3,(H,22,26). The number of hydrogen-bond acceptors (Lipinski definition) is 3. The maximum Gasteiger partial charge on any atom is 0.239 e. The molecule has 0 aliphatic carbocycles. The first-order valence-electron chi connectivity index (χ1n) is 9.87. The molecule has 2 N–H and O–H groups in total. The van der Waals surface area contributed by atoms with Crippen LogP contribution in [0, 0.1) is 0 Å². The van der Waals surface area contributed by atoms with Gasteiger partial charge in [0.05, 0.1) is 13.1 Å². The molecular formula is C21H30N4O2. The van der Waals surface area contributed by atoms with Crippen LogP contribution in [0.15, 0.2) is 30.5 Å². The highest BCUT2D eigenvalue weighted by molar-refractivity contribution is 5.85. The highest BCUT2D eigenvalue weighted by Crippen LogP contribution is 2.32. The summed E-state index contributed by atoms with van der Waals surface area (Å²) in [5.74, 6) is 0.447. The molecule has 0 spiro atoms. The Kier molecular flexibility index (Phi) is 6.50. The minimum Gasteiger partial charge on any atom is -0.361 e. The average molecular weight is 370 g/mol. The molecule has 6 nitrogen and oxygen atoms in total. The Hall–Kier alpha value is -2.34. The molecule has 2 aromatic rings. The van der Waals surface area contributed by atoms with Crippen molar-refractivity contribution in [1.29, 1.82) is 0 Å². The fourth-order valence-electron chi connectivity index (χ4n) is 3.77. The molecule has 1 fully saturated rings. The zero-order valence-corrected chi connectivity index (χ0v) is 16.3. The highest BCUT2D eigenvalue weighted by atomic mass is 16.2. The molecule has 146 valence electrons. The van der Waals surface area contributed by atoms with Gasteiger partial charge in [0.1, 0.15) is 0 Å². The van der Waals surface area contributed by atoms with Gasteiger partial charge in [0.25, 0.3) is 0 Å². The lowest BCUT2D eigenvalue weighted by atomic mass is 9.89. The molecule has 1 aromatic heterocycles. The number of H-pyrrole nitrogens is 1. The van der Waals surface area contributed by atoms with E-state index in [-0.39, 0.29) is 18.4 Å². The van der Waals surface area contributed by atoms with Gasteiger partial charge in [-0.3, -0.25) is 14.5 Å². The van der Waals surface area contributed by atoms with Crippen LogP contribution in [0.2, 0.25) is 0 Å². The number of nitrogens with zero attached hydrogens (tertiary/aromatic N) is 2. The number of piperidine rings is 1. The number of amides is 2. The minimum atomic E-state index is -0.0919. The molecule has 6 heteroatoms. The number of benzene rings is 1. The summed E-state index contributed by atoms with van der Waals surface area (Å²) in [6, 6.07) is 8.42. The molecule has 1 aromatic carbocycles. The van der Waals surface area contributed by atoms with E-state index in [1.807, 2.05) is 6.92 Å². The maximum atomic E-state index is 12.4. The van der Waals surface area contributed by atoms with Crippen molar-refractivity contribution >= 4 is 22.7 Å². The van der Waals surface area contributed by atoms with Crippen LogP contribution in [0.4, 0.5) is 0 Å². The van der Waals surface area contributed by atoms with Crippen LogP contribution in [0.5, 0.6) is 0 Å².